The third-order valence-electron chi connectivity index (χ3n) is 3.89. The standard InChI is InChI=1S/C16H19N3O2/c1-3-14-17-16(21-18-14)13-8-9-15(20)19(13)10-12-6-4-11(2)5-7-12/h4-7,13H,3,8-10H2,1-2H3. The van der Waals surface area contributed by atoms with Gasteiger partial charge in [0.15, 0.2) is 5.82 Å². The molecule has 110 valence electrons. The van der Waals surface area contributed by atoms with Gasteiger partial charge in [0.2, 0.25) is 11.8 Å². The van der Waals surface area contributed by atoms with Crippen molar-refractivity contribution in [3.63, 3.8) is 0 Å². The van der Waals surface area contributed by atoms with Gasteiger partial charge >= 0.3 is 0 Å². The zero-order valence-corrected chi connectivity index (χ0v) is 12.4. The first-order valence-electron chi connectivity index (χ1n) is 7.35. The van der Waals surface area contributed by atoms with E-state index in [0.717, 1.165) is 18.4 Å². The van der Waals surface area contributed by atoms with Gasteiger partial charge in [0.25, 0.3) is 0 Å². The lowest BCUT2D eigenvalue weighted by Gasteiger charge is -2.22. The molecule has 2 aromatic rings. The third kappa shape index (κ3) is 2.82. The Bertz CT molecular complexity index is 633. The van der Waals surface area contributed by atoms with Crippen LogP contribution >= 0.6 is 0 Å². The predicted molar refractivity (Wildman–Crippen MR) is 77.4 cm³/mol. The van der Waals surface area contributed by atoms with Crippen molar-refractivity contribution in [3.05, 3.63) is 47.1 Å². The van der Waals surface area contributed by atoms with Gasteiger partial charge in [-0.1, -0.05) is 41.9 Å². The molecule has 1 fully saturated rings. The topological polar surface area (TPSA) is 59.2 Å². The van der Waals surface area contributed by atoms with Gasteiger partial charge in [-0.05, 0) is 18.9 Å². The van der Waals surface area contributed by atoms with Crippen LogP contribution in [0.3, 0.4) is 0 Å². The smallest absolute Gasteiger partial charge is 0.249 e. The van der Waals surface area contributed by atoms with E-state index in [1.807, 2.05) is 11.8 Å². The maximum Gasteiger partial charge on any atom is 0.249 e. The highest BCUT2D eigenvalue weighted by Crippen LogP contribution is 2.33. The number of aromatic nitrogens is 2. The second kappa shape index (κ2) is 5.68. The Balaban J connectivity index is 1.80. The number of likely N-dealkylation sites (tertiary alicyclic amines) is 1. The molecule has 0 spiro atoms. The summed E-state index contributed by atoms with van der Waals surface area (Å²) in [7, 11) is 0. The molecule has 0 bridgehead atoms. The number of hydrogen-bond donors (Lipinski definition) is 0. The zero-order chi connectivity index (χ0) is 14.8. The Morgan fingerprint density at radius 1 is 1.33 bits per heavy atom. The average Bonchev–Trinajstić information content (AvgIpc) is 3.09. The number of nitrogens with zero attached hydrogens (tertiary/aromatic N) is 3. The van der Waals surface area contributed by atoms with E-state index in [1.54, 1.807) is 0 Å². The average molecular weight is 285 g/mol. The molecule has 0 aliphatic carbocycles. The Labute approximate surface area is 124 Å². The lowest BCUT2D eigenvalue weighted by atomic mass is 10.1. The second-order valence-electron chi connectivity index (χ2n) is 5.46. The van der Waals surface area contributed by atoms with E-state index < -0.39 is 0 Å². The van der Waals surface area contributed by atoms with Crippen molar-refractivity contribution in [2.24, 2.45) is 0 Å². The molecular weight excluding hydrogens is 266 g/mol. The molecule has 0 N–H and O–H groups in total. The minimum Gasteiger partial charge on any atom is -0.337 e. The first kappa shape index (κ1) is 13.8. The van der Waals surface area contributed by atoms with Gasteiger partial charge in [-0.15, -0.1) is 0 Å². The number of benzene rings is 1. The van der Waals surface area contributed by atoms with E-state index in [2.05, 4.69) is 41.3 Å². The highest BCUT2D eigenvalue weighted by Gasteiger charge is 2.35. The Hall–Kier alpha value is -2.17. The quantitative estimate of drug-likeness (QED) is 0.866. The molecule has 2 heterocycles. The molecule has 1 amide bonds. The summed E-state index contributed by atoms with van der Waals surface area (Å²) < 4.78 is 5.32. The number of carbonyl (C=O) groups is 1. The van der Waals surface area contributed by atoms with Gasteiger partial charge in [-0.2, -0.15) is 4.98 Å². The first-order valence-corrected chi connectivity index (χ1v) is 7.35. The van der Waals surface area contributed by atoms with E-state index >= 15 is 0 Å². The van der Waals surface area contributed by atoms with Crippen LogP contribution < -0.4 is 0 Å². The number of carbonyl (C=O) groups excluding carboxylic acids is 1. The summed E-state index contributed by atoms with van der Waals surface area (Å²) in [5, 5.41) is 3.93. The van der Waals surface area contributed by atoms with Crippen molar-refractivity contribution in [2.75, 3.05) is 0 Å². The fourth-order valence-electron chi connectivity index (χ4n) is 2.63. The highest BCUT2D eigenvalue weighted by atomic mass is 16.5. The molecule has 1 unspecified atom stereocenters. The molecule has 1 atom stereocenters. The van der Waals surface area contributed by atoms with Gasteiger partial charge in [0, 0.05) is 19.4 Å². The van der Waals surface area contributed by atoms with Crippen molar-refractivity contribution in [3.8, 4) is 0 Å². The van der Waals surface area contributed by atoms with E-state index in [-0.39, 0.29) is 11.9 Å². The van der Waals surface area contributed by atoms with Crippen LogP contribution in [0.2, 0.25) is 0 Å². The summed E-state index contributed by atoms with van der Waals surface area (Å²) >= 11 is 0. The monoisotopic (exact) mass is 285 g/mol. The van der Waals surface area contributed by atoms with Crippen LogP contribution in [-0.2, 0) is 17.8 Å². The molecule has 1 aliphatic heterocycles. The summed E-state index contributed by atoms with van der Waals surface area (Å²) in [6.07, 6.45) is 2.03. The molecule has 5 nitrogen and oxygen atoms in total. The fraction of sp³-hybridized carbons (Fsp3) is 0.438. The summed E-state index contributed by atoms with van der Waals surface area (Å²) in [6, 6.07) is 8.15. The summed E-state index contributed by atoms with van der Waals surface area (Å²) in [5.74, 6) is 1.40. The van der Waals surface area contributed by atoms with Crippen LogP contribution in [-0.4, -0.2) is 20.9 Å². The normalized spacial score (nSPS) is 18.5. The fourth-order valence-corrected chi connectivity index (χ4v) is 2.63. The molecule has 5 heteroatoms. The van der Waals surface area contributed by atoms with Crippen molar-refractivity contribution >= 4 is 5.91 Å². The van der Waals surface area contributed by atoms with Crippen LogP contribution in [0.15, 0.2) is 28.8 Å². The Kier molecular flexibility index (Phi) is 3.73. The van der Waals surface area contributed by atoms with Crippen molar-refractivity contribution in [1.82, 2.24) is 15.0 Å². The maximum absolute atomic E-state index is 12.1. The Morgan fingerprint density at radius 2 is 2.10 bits per heavy atom. The molecule has 0 saturated carbocycles. The second-order valence-corrected chi connectivity index (χ2v) is 5.46. The van der Waals surface area contributed by atoms with Gasteiger partial charge < -0.3 is 9.42 Å². The van der Waals surface area contributed by atoms with E-state index in [1.165, 1.54) is 5.56 Å². The minimum atomic E-state index is -0.0911. The third-order valence-corrected chi connectivity index (χ3v) is 3.89. The van der Waals surface area contributed by atoms with Crippen molar-refractivity contribution in [2.45, 2.75) is 45.7 Å². The lowest BCUT2D eigenvalue weighted by molar-refractivity contribution is -0.129. The summed E-state index contributed by atoms with van der Waals surface area (Å²) in [5.41, 5.74) is 2.34. The van der Waals surface area contributed by atoms with Gasteiger partial charge in [0.05, 0.1) is 0 Å². The zero-order valence-electron chi connectivity index (χ0n) is 12.4. The predicted octanol–water partition coefficient (Wildman–Crippen LogP) is 2.80. The van der Waals surface area contributed by atoms with Crippen LogP contribution in [0, 0.1) is 6.92 Å². The largest absolute Gasteiger partial charge is 0.337 e. The van der Waals surface area contributed by atoms with Gasteiger partial charge in [-0.25, -0.2) is 0 Å². The van der Waals surface area contributed by atoms with E-state index in [4.69, 9.17) is 4.52 Å². The number of amides is 1. The molecule has 3 rings (SSSR count). The van der Waals surface area contributed by atoms with Gasteiger partial charge in [-0.3, -0.25) is 4.79 Å². The summed E-state index contributed by atoms with van der Waals surface area (Å²) in [6.45, 7) is 4.63. The van der Waals surface area contributed by atoms with Crippen LogP contribution in [0.5, 0.6) is 0 Å². The summed E-state index contributed by atoms with van der Waals surface area (Å²) in [4.78, 5) is 18.4. The molecule has 1 aromatic carbocycles. The Morgan fingerprint density at radius 3 is 2.76 bits per heavy atom. The van der Waals surface area contributed by atoms with Crippen molar-refractivity contribution in [1.29, 1.82) is 0 Å². The van der Waals surface area contributed by atoms with E-state index in [0.29, 0.717) is 24.7 Å². The first-order chi connectivity index (χ1) is 10.2. The molecule has 1 saturated heterocycles. The van der Waals surface area contributed by atoms with Gasteiger partial charge in [0.1, 0.15) is 6.04 Å². The van der Waals surface area contributed by atoms with Crippen LogP contribution in [0.25, 0.3) is 0 Å². The number of aryl methyl sites for hydroxylation is 2. The minimum absolute atomic E-state index is 0.0911. The number of rotatable bonds is 4. The molecule has 0 radical (unpaired) electrons. The highest BCUT2D eigenvalue weighted by molar-refractivity contribution is 5.78. The molecule has 1 aromatic heterocycles. The maximum atomic E-state index is 12.1. The molecule has 21 heavy (non-hydrogen) atoms. The molecular formula is C16H19N3O2. The van der Waals surface area contributed by atoms with Crippen LogP contribution in [0.1, 0.15) is 48.6 Å². The van der Waals surface area contributed by atoms with Crippen LogP contribution in [0.4, 0.5) is 0 Å². The lowest BCUT2D eigenvalue weighted by Crippen LogP contribution is -2.27. The van der Waals surface area contributed by atoms with Crippen molar-refractivity contribution < 1.29 is 9.32 Å². The van der Waals surface area contributed by atoms with E-state index in [9.17, 15) is 4.79 Å². The number of hydrogen-bond acceptors (Lipinski definition) is 4. The molecule has 1 aliphatic rings. The SMILES string of the molecule is CCc1noc(C2CCC(=O)N2Cc2ccc(C)cc2)n1.